The fraction of sp³-hybridized carbons (Fsp3) is 0.500. The predicted molar refractivity (Wildman–Crippen MR) is 68.9 cm³/mol. The van der Waals surface area contributed by atoms with Crippen molar-refractivity contribution >= 4 is 23.2 Å². The minimum absolute atomic E-state index is 0.00487. The van der Waals surface area contributed by atoms with Crippen LogP contribution in [0.25, 0.3) is 0 Å². The Hall–Kier alpha value is -0.320. The summed E-state index contributed by atoms with van der Waals surface area (Å²) in [6.07, 6.45) is 0. The van der Waals surface area contributed by atoms with Crippen molar-refractivity contribution in [2.75, 3.05) is 26.4 Å². The van der Waals surface area contributed by atoms with Gasteiger partial charge in [-0.3, -0.25) is 0 Å². The summed E-state index contributed by atoms with van der Waals surface area (Å²) in [5.41, 5.74) is 1.04. The van der Waals surface area contributed by atoms with Crippen molar-refractivity contribution in [3.63, 3.8) is 0 Å². The number of halogens is 2. The van der Waals surface area contributed by atoms with Gasteiger partial charge in [0.15, 0.2) is 0 Å². The molecule has 1 saturated heterocycles. The zero-order valence-electron chi connectivity index (χ0n) is 9.33. The Balaban J connectivity index is 2.25. The summed E-state index contributed by atoms with van der Waals surface area (Å²) in [5.74, 6) is 0.0947. The predicted octanol–water partition coefficient (Wildman–Crippen LogP) is 2.06. The molecule has 5 heteroatoms. The molecule has 0 bridgehead atoms. The molecular weight excluding hydrogens is 261 g/mol. The lowest BCUT2D eigenvalue weighted by atomic mass is 9.92. The smallest absolute Gasteiger partial charge is 0.0595 e. The van der Waals surface area contributed by atoms with E-state index in [1.165, 1.54) is 0 Å². The van der Waals surface area contributed by atoms with Gasteiger partial charge in [0, 0.05) is 18.5 Å². The SMILES string of the molecule is OCC1NCCOCC1c1ccc(Cl)c(Cl)c1. The van der Waals surface area contributed by atoms with Crippen LogP contribution in [-0.4, -0.2) is 37.5 Å². The molecule has 1 aromatic rings. The van der Waals surface area contributed by atoms with Gasteiger partial charge in [0.25, 0.3) is 0 Å². The average molecular weight is 276 g/mol. The quantitative estimate of drug-likeness (QED) is 0.868. The van der Waals surface area contributed by atoms with E-state index >= 15 is 0 Å². The van der Waals surface area contributed by atoms with Gasteiger partial charge < -0.3 is 15.2 Å². The lowest BCUT2D eigenvalue weighted by Crippen LogP contribution is -2.38. The van der Waals surface area contributed by atoms with Crippen LogP contribution in [0.15, 0.2) is 18.2 Å². The first-order valence-corrected chi connectivity index (χ1v) is 6.35. The Kier molecular flexibility index (Phi) is 4.65. The van der Waals surface area contributed by atoms with Gasteiger partial charge >= 0.3 is 0 Å². The highest BCUT2D eigenvalue weighted by Gasteiger charge is 2.25. The third-order valence-corrected chi connectivity index (χ3v) is 3.74. The van der Waals surface area contributed by atoms with Gasteiger partial charge in [-0.25, -0.2) is 0 Å². The molecule has 2 rings (SSSR count). The second-order valence-electron chi connectivity index (χ2n) is 4.10. The Bertz CT molecular complexity index is 387. The maximum atomic E-state index is 9.39. The number of nitrogens with one attached hydrogen (secondary N) is 1. The van der Waals surface area contributed by atoms with Gasteiger partial charge in [-0.1, -0.05) is 29.3 Å². The van der Waals surface area contributed by atoms with Crippen LogP contribution >= 0.6 is 23.2 Å². The largest absolute Gasteiger partial charge is 0.395 e. The topological polar surface area (TPSA) is 41.5 Å². The van der Waals surface area contributed by atoms with Crippen LogP contribution in [0.3, 0.4) is 0 Å². The van der Waals surface area contributed by atoms with Crippen molar-refractivity contribution in [3.05, 3.63) is 33.8 Å². The van der Waals surface area contributed by atoms with Crippen molar-refractivity contribution in [1.29, 1.82) is 0 Å². The molecule has 17 heavy (non-hydrogen) atoms. The summed E-state index contributed by atoms with van der Waals surface area (Å²) >= 11 is 11.9. The monoisotopic (exact) mass is 275 g/mol. The molecule has 94 valence electrons. The minimum Gasteiger partial charge on any atom is -0.395 e. The van der Waals surface area contributed by atoms with E-state index < -0.39 is 0 Å². The molecule has 0 saturated carbocycles. The highest BCUT2D eigenvalue weighted by atomic mass is 35.5. The van der Waals surface area contributed by atoms with E-state index in [1.807, 2.05) is 12.1 Å². The van der Waals surface area contributed by atoms with E-state index in [9.17, 15) is 5.11 Å². The van der Waals surface area contributed by atoms with E-state index in [2.05, 4.69) is 5.32 Å². The lowest BCUT2D eigenvalue weighted by Gasteiger charge is -2.23. The summed E-state index contributed by atoms with van der Waals surface area (Å²) < 4.78 is 5.51. The zero-order chi connectivity index (χ0) is 12.3. The molecule has 0 aromatic heterocycles. The van der Waals surface area contributed by atoms with Crippen molar-refractivity contribution in [2.24, 2.45) is 0 Å². The second-order valence-corrected chi connectivity index (χ2v) is 4.91. The van der Waals surface area contributed by atoms with Crippen LogP contribution in [0.5, 0.6) is 0 Å². The molecule has 2 atom stereocenters. The average Bonchev–Trinajstić information content (AvgIpc) is 2.57. The van der Waals surface area contributed by atoms with Crippen LogP contribution in [0.1, 0.15) is 11.5 Å². The summed E-state index contributed by atoms with van der Waals surface area (Å²) in [7, 11) is 0. The third-order valence-electron chi connectivity index (χ3n) is 3.00. The molecule has 0 spiro atoms. The van der Waals surface area contributed by atoms with Crippen LogP contribution in [0, 0.1) is 0 Å². The standard InChI is InChI=1S/C12H15Cl2NO2/c13-10-2-1-8(5-11(10)14)9-7-17-4-3-15-12(9)6-16/h1-2,5,9,12,15-16H,3-4,6-7H2. The number of aliphatic hydroxyl groups excluding tert-OH is 1. The third kappa shape index (κ3) is 3.12. The summed E-state index contributed by atoms with van der Waals surface area (Å²) in [6, 6.07) is 5.54. The number of hydrogen-bond acceptors (Lipinski definition) is 3. The maximum absolute atomic E-state index is 9.39. The molecule has 0 radical (unpaired) electrons. The van der Waals surface area contributed by atoms with Gasteiger partial charge in [0.05, 0.1) is 29.9 Å². The maximum Gasteiger partial charge on any atom is 0.0595 e. The van der Waals surface area contributed by atoms with E-state index in [0.29, 0.717) is 23.3 Å². The van der Waals surface area contributed by atoms with Crippen molar-refractivity contribution < 1.29 is 9.84 Å². The fourth-order valence-electron chi connectivity index (χ4n) is 2.05. The Morgan fingerprint density at radius 2 is 2.18 bits per heavy atom. The Morgan fingerprint density at radius 1 is 1.35 bits per heavy atom. The molecule has 1 heterocycles. The highest BCUT2D eigenvalue weighted by molar-refractivity contribution is 6.42. The van der Waals surface area contributed by atoms with Crippen molar-refractivity contribution in [3.8, 4) is 0 Å². The molecule has 3 nitrogen and oxygen atoms in total. The summed E-state index contributed by atoms with van der Waals surface area (Å²) in [6.45, 7) is 2.07. The molecule has 1 fully saturated rings. The molecule has 1 aliphatic rings. The number of ether oxygens (including phenoxy) is 1. The van der Waals surface area contributed by atoms with Crippen LogP contribution < -0.4 is 5.32 Å². The van der Waals surface area contributed by atoms with Gasteiger partial charge in [-0.2, -0.15) is 0 Å². The number of hydrogen-bond donors (Lipinski definition) is 2. The second kappa shape index (κ2) is 6.03. The van der Waals surface area contributed by atoms with Gasteiger partial charge in [-0.05, 0) is 17.7 Å². The van der Waals surface area contributed by atoms with Gasteiger partial charge in [-0.15, -0.1) is 0 Å². The van der Waals surface area contributed by atoms with E-state index in [0.717, 1.165) is 12.1 Å². The van der Waals surface area contributed by atoms with E-state index in [-0.39, 0.29) is 18.6 Å². The minimum atomic E-state index is -0.00487. The molecular formula is C12H15Cl2NO2. The lowest BCUT2D eigenvalue weighted by molar-refractivity contribution is 0.132. The molecule has 2 unspecified atom stereocenters. The molecule has 1 aromatic carbocycles. The van der Waals surface area contributed by atoms with Gasteiger partial charge in [0.1, 0.15) is 0 Å². The first-order valence-electron chi connectivity index (χ1n) is 5.59. The molecule has 2 N–H and O–H groups in total. The number of aliphatic hydroxyl groups is 1. The summed E-state index contributed by atoms with van der Waals surface area (Å²) in [4.78, 5) is 0. The summed E-state index contributed by atoms with van der Waals surface area (Å²) in [5, 5.41) is 13.7. The highest BCUT2D eigenvalue weighted by Crippen LogP contribution is 2.29. The van der Waals surface area contributed by atoms with Crippen molar-refractivity contribution in [1.82, 2.24) is 5.32 Å². The Labute approximate surface area is 111 Å². The van der Waals surface area contributed by atoms with Crippen molar-refractivity contribution in [2.45, 2.75) is 12.0 Å². The number of rotatable bonds is 2. The zero-order valence-corrected chi connectivity index (χ0v) is 10.8. The first-order chi connectivity index (χ1) is 8.22. The van der Waals surface area contributed by atoms with E-state index in [1.54, 1.807) is 6.07 Å². The van der Waals surface area contributed by atoms with Crippen LogP contribution in [0.4, 0.5) is 0 Å². The van der Waals surface area contributed by atoms with Crippen LogP contribution in [0.2, 0.25) is 10.0 Å². The first kappa shape index (κ1) is 13.1. The normalized spacial score (nSPS) is 25.6. The molecule has 1 aliphatic heterocycles. The number of benzene rings is 1. The Morgan fingerprint density at radius 3 is 2.88 bits per heavy atom. The van der Waals surface area contributed by atoms with Gasteiger partial charge in [0.2, 0.25) is 0 Å². The fourth-order valence-corrected chi connectivity index (χ4v) is 2.36. The molecule has 0 aliphatic carbocycles. The van der Waals surface area contributed by atoms with E-state index in [4.69, 9.17) is 27.9 Å². The van der Waals surface area contributed by atoms with Crippen LogP contribution in [-0.2, 0) is 4.74 Å². The molecule has 0 amide bonds.